The van der Waals surface area contributed by atoms with E-state index in [0.29, 0.717) is 27.3 Å². The molecule has 0 bridgehead atoms. The van der Waals surface area contributed by atoms with Gasteiger partial charge in [-0.15, -0.1) is 11.3 Å². The quantitative estimate of drug-likeness (QED) is 0.340. The van der Waals surface area contributed by atoms with Gasteiger partial charge in [0.25, 0.3) is 10.0 Å². The summed E-state index contributed by atoms with van der Waals surface area (Å²) in [4.78, 5) is 5.41. The second-order valence-electron chi connectivity index (χ2n) is 7.52. The first-order chi connectivity index (χ1) is 14.6. The zero-order valence-electron chi connectivity index (χ0n) is 17.6. The van der Waals surface area contributed by atoms with E-state index in [2.05, 4.69) is 9.71 Å². The Balaban J connectivity index is 1.69. The van der Waals surface area contributed by atoms with Crippen LogP contribution in [0.4, 0.5) is 5.69 Å². The molecule has 0 fully saturated rings. The molecular formula is C23H22N2O3S3. The van der Waals surface area contributed by atoms with Crippen LogP contribution in [0.5, 0.6) is 5.75 Å². The Morgan fingerprint density at radius 2 is 1.65 bits per heavy atom. The summed E-state index contributed by atoms with van der Waals surface area (Å²) in [5.74, 6) is 0.0902. The van der Waals surface area contributed by atoms with E-state index in [-0.39, 0.29) is 10.6 Å². The average molecular weight is 471 g/mol. The van der Waals surface area contributed by atoms with Gasteiger partial charge in [-0.3, -0.25) is 4.72 Å². The van der Waals surface area contributed by atoms with E-state index in [0.717, 1.165) is 20.1 Å². The second-order valence-corrected chi connectivity index (χ2v) is 11.5. The highest BCUT2D eigenvalue weighted by atomic mass is 32.2. The number of phenols is 1. The molecule has 160 valence electrons. The number of thiazole rings is 1. The van der Waals surface area contributed by atoms with Crippen LogP contribution in [0.3, 0.4) is 0 Å². The molecule has 2 N–H and O–H groups in total. The normalized spacial score (nSPS) is 11.7. The standard InChI is InChI=1S/C23H22N2O3S3/c1-13-9-15(3)22(16(4)10-13)31(27,28)25-18-12-21(19(26)11-14(18)2)30-23-24-17-7-5-6-8-20(17)29-23/h5-12,25-26H,1-4H3. The number of para-hydroxylation sites is 1. The molecule has 0 amide bonds. The van der Waals surface area contributed by atoms with Gasteiger partial charge in [0.2, 0.25) is 0 Å². The third-order valence-corrected chi connectivity index (χ3v) is 8.71. The fraction of sp³-hybridized carbons (Fsp3) is 0.174. The van der Waals surface area contributed by atoms with Crippen LogP contribution in [0.25, 0.3) is 10.2 Å². The van der Waals surface area contributed by atoms with Crippen molar-refractivity contribution in [1.29, 1.82) is 0 Å². The molecule has 31 heavy (non-hydrogen) atoms. The Hall–Kier alpha value is -2.55. The molecule has 1 heterocycles. The number of phenolic OH excluding ortho intramolecular Hbond substituents is 1. The van der Waals surface area contributed by atoms with Crippen molar-refractivity contribution in [3.05, 3.63) is 70.8 Å². The number of aromatic nitrogens is 1. The number of anilines is 1. The lowest BCUT2D eigenvalue weighted by Crippen LogP contribution is -2.16. The molecule has 0 aliphatic heterocycles. The zero-order valence-corrected chi connectivity index (χ0v) is 20.0. The first kappa shape index (κ1) is 21.7. The second kappa shape index (κ2) is 8.18. The van der Waals surface area contributed by atoms with E-state index in [9.17, 15) is 13.5 Å². The van der Waals surface area contributed by atoms with E-state index in [1.54, 1.807) is 32.9 Å². The molecule has 0 aliphatic rings. The van der Waals surface area contributed by atoms with E-state index in [1.807, 2.05) is 43.3 Å². The third kappa shape index (κ3) is 4.42. The molecule has 8 heteroatoms. The van der Waals surface area contributed by atoms with E-state index in [1.165, 1.54) is 23.1 Å². The SMILES string of the molecule is Cc1cc(C)c(S(=O)(=O)Nc2cc(Sc3nc4ccccc4s3)c(O)cc2C)c(C)c1. The molecule has 0 spiro atoms. The van der Waals surface area contributed by atoms with Crippen LogP contribution in [0.2, 0.25) is 0 Å². The summed E-state index contributed by atoms with van der Waals surface area (Å²) in [6.45, 7) is 7.30. The monoisotopic (exact) mass is 470 g/mol. The van der Waals surface area contributed by atoms with Gasteiger partial charge in [0.1, 0.15) is 5.75 Å². The number of hydrogen-bond donors (Lipinski definition) is 2. The van der Waals surface area contributed by atoms with Crippen molar-refractivity contribution in [2.45, 2.75) is 41.8 Å². The van der Waals surface area contributed by atoms with E-state index >= 15 is 0 Å². The molecule has 1 aromatic heterocycles. The van der Waals surface area contributed by atoms with Crippen molar-refractivity contribution >= 4 is 49.0 Å². The van der Waals surface area contributed by atoms with Crippen LogP contribution in [0.15, 0.2) is 62.7 Å². The van der Waals surface area contributed by atoms with Crippen LogP contribution in [0, 0.1) is 27.7 Å². The topological polar surface area (TPSA) is 79.3 Å². The highest BCUT2D eigenvalue weighted by Crippen LogP contribution is 2.41. The largest absolute Gasteiger partial charge is 0.507 e. The van der Waals surface area contributed by atoms with Gasteiger partial charge in [-0.25, -0.2) is 13.4 Å². The van der Waals surface area contributed by atoms with Gasteiger partial charge in [-0.05, 0) is 68.7 Å². The molecule has 3 aromatic carbocycles. The minimum Gasteiger partial charge on any atom is -0.507 e. The molecule has 4 aromatic rings. The summed E-state index contributed by atoms with van der Waals surface area (Å²) in [6, 6.07) is 14.8. The summed E-state index contributed by atoms with van der Waals surface area (Å²) in [5, 5.41) is 10.5. The lowest BCUT2D eigenvalue weighted by atomic mass is 10.1. The maximum absolute atomic E-state index is 13.2. The predicted molar refractivity (Wildman–Crippen MR) is 128 cm³/mol. The van der Waals surface area contributed by atoms with Gasteiger partial charge in [0.15, 0.2) is 4.34 Å². The number of nitrogens with one attached hydrogen (secondary N) is 1. The molecule has 0 aliphatic carbocycles. The molecule has 0 atom stereocenters. The number of aromatic hydroxyl groups is 1. The highest BCUT2D eigenvalue weighted by Gasteiger charge is 2.22. The molecular weight excluding hydrogens is 448 g/mol. The number of rotatable bonds is 5. The lowest BCUT2D eigenvalue weighted by Gasteiger charge is -2.16. The summed E-state index contributed by atoms with van der Waals surface area (Å²) >= 11 is 2.84. The maximum Gasteiger partial charge on any atom is 0.262 e. The van der Waals surface area contributed by atoms with Crippen LogP contribution in [0.1, 0.15) is 22.3 Å². The van der Waals surface area contributed by atoms with Crippen molar-refractivity contribution < 1.29 is 13.5 Å². The fourth-order valence-corrected chi connectivity index (χ4v) is 7.29. The highest BCUT2D eigenvalue weighted by molar-refractivity contribution is 8.01. The van der Waals surface area contributed by atoms with Crippen molar-refractivity contribution in [1.82, 2.24) is 4.98 Å². The van der Waals surface area contributed by atoms with Gasteiger partial charge in [0, 0.05) is 0 Å². The van der Waals surface area contributed by atoms with Crippen LogP contribution < -0.4 is 4.72 Å². The number of hydrogen-bond acceptors (Lipinski definition) is 6. The smallest absolute Gasteiger partial charge is 0.262 e. The molecule has 4 rings (SSSR count). The van der Waals surface area contributed by atoms with Crippen molar-refractivity contribution in [2.75, 3.05) is 4.72 Å². The fourth-order valence-electron chi connectivity index (χ4n) is 3.64. The molecule has 0 saturated carbocycles. The molecule has 0 unspecified atom stereocenters. The van der Waals surface area contributed by atoms with Gasteiger partial charge < -0.3 is 5.11 Å². The summed E-state index contributed by atoms with van der Waals surface area (Å²) in [5.41, 5.74) is 4.38. The van der Waals surface area contributed by atoms with Gasteiger partial charge in [-0.2, -0.15) is 0 Å². The summed E-state index contributed by atoms with van der Waals surface area (Å²) in [7, 11) is -3.79. The summed E-state index contributed by atoms with van der Waals surface area (Å²) in [6.07, 6.45) is 0. The Labute approximate surface area is 190 Å². The lowest BCUT2D eigenvalue weighted by molar-refractivity contribution is 0.462. The zero-order chi connectivity index (χ0) is 22.3. The van der Waals surface area contributed by atoms with E-state index in [4.69, 9.17) is 0 Å². The van der Waals surface area contributed by atoms with Gasteiger partial charge in [-0.1, -0.05) is 41.6 Å². The van der Waals surface area contributed by atoms with Crippen LogP contribution in [-0.2, 0) is 10.0 Å². The Morgan fingerprint density at radius 3 is 2.32 bits per heavy atom. The van der Waals surface area contributed by atoms with Crippen LogP contribution >= 0.6 is 23.1 Å². The number of fused-ring (bicyclic) bond motifs is 1. The molecule has 0 saturated heterocycles. The van der Waals surface area contributed by atoms with Crippen molar-refractivity contribution in [3.8, 4) is 5.75 Å². The minimum absolute atomic E-state index is 0.0902. The Bertz CT molecular complexity index is 1350. The maximum atomic E-state index is 13.2. The molecule has 0 radical (unpaired) electrons. The predicted octanol–water partition coefficient (Wildman–Crippen LogP) is 6.19. The number of benzene rings is 3. The first-order valence-electron chi connectivity index (χ1n) is 9.62. The average Bonchev–Trinajstić information content (AvgIpc) is 3.06. The van der Waals surface area contributed by atoms with Gasteiger partial charge in [0.05, 0.1) is 25.7 Å². The van der Waals surface area contributed by atoms with Gasteiger partial charge >= 0.3 is 0 Å². The number of sulfonamides is 1. The summed E-state index contributed by atoms with van der Waals surface area (Å²) < 4.78 is 30.9. The Kier molecular flexibility index (Phi) is 5.72. The minimum atomic E-state index is -3.79. The van der Waals surface area contributed by atoms with Crippen molar-refractivity contribution in [2.24, 2.45) is 0 Å². The third-order valence-electron chi connectivity index (χ3n) is 4.90. The number of nitrogens with zero attached hydrogens (tertiary/aromatic N) is 1. The Morgan fingerprint density at radius 1 is 0.968 bits per heavy atom. The van der Waals surface area contributed by atoms with Crippen molar-refractivity contribution in [3.63, 3.8) is 0 Å². The first-order valence-corrected chi connectivity index (χ1v) is 12.7. The van der Waals surface area contributed by atoms with E-state index < -0.39 is 10.0 Å². The van der Waals surface area contributed by atoms with Crippen LogP contribution in [-0.4, -0.2) is 18.5 Å². The molecule has 5 nitrogen and oxygen atoms in total. The number of aryl methyl sites for hydroxylation is 4.